The number of carbonyl (C=O) groups is 4. The molecule has 0 aliphatic heterocycles. The molecule has 9 heteroatoms. The van der Waals surface area contributed by atoms with Crippen molar-refractivity contribution in [2.24, 2.45) is 0 Å². The van der Waals surface area contributed by atoms with Crippen LogP contribution in [0.5, 0.6) is 0 Å². The van der Waals surface area contributed by atoms with Gasteiger partial charge in [-0.05, 0) is 52.0 Å². The molecule has 8 nitrogen and oxygen atoms in total. The number of rotatable bonds is 4. The van der Waals surface area contributed by atoms with Gasteiger partial charge in [0.05, 0.1) is 23.9 Å². The molecule has 0 aliphatic carbocycles. The normalized spacial score (nSPS) is 9.12. The van der Waals surface area contributed by atoms with Crippen LogP contribution in [0.25, 0.3) is 0 Å². The number of hydrogen-bond donors (Lipinski definition) is 0. The fourth-order valence-corrected chi connectivity index (χ4v) is 0.544. The smallest absolute Gasteiger partial charge is 0.545 e. The number of aliphatic carboxylic acids is 4. The summed E-state index contributed by atoms with van der Waals surface area (Å²) in [5, 5.41) is 37.6. The van der Waals surface area contributed by atoms with Gasteiger partial charge in [-0.1, -0.05) is 24.3 Å². The van der Waals surface area contributed by atoms with E-state index in [1.54, 1.807) is 27.7 Å². The van der Waals surface area contributed by atoms with Crippen molar-refractivity contribution in [2.45, 2.75) is 27.7 Å². The third kappa shape index (κ3) is 90.3. The second-order valence-electron chi connectivity index (χ2n) is 3.28. The fourth-order valence-electron chi connectivity index (χ4n) is 0.544. The third-order valence-corrected chi connectivity index (χ3v) is 1.21. The fraction of sp³-hybridized carbons (Fsp3) is 0.250. The molecule has 0 aromatic carbocycles. The van der Waals surface area contributed by atoms with Crippen LogP contribution in [-0.4, -0.2) is 23.9 Å². The van der Waals surface area contributed by atoms with Gasteiger partial charge < -0.3 is 39.6 Å². The van der Waals surface area contributed by atoms with E-state index in [0.717, 1.165) is 24.3 Å². The molecule has 0 N–H and O–H groups in total. The Labute approximate surface area is 161 Å². The Kier molecular flexibility index (Phi) is 40.2. The Morgan fingerprint density at radius 3 is 0.600 bits per heavy atom. The zero-order valence-electron chi connectivity index (χ0n) is 14.4. The average Bonchev–Trinajstić information content (AvgIpc) is 2.39. The van der Waals surface area contributed by atoms with Gasteiger partial charge in [0.2, 0.25) is 0 Å². The third-order valence-electron chi connectivity index (χ3n) is 1.21. The molecular weight excluding hydrogens is 368 g/mol. The predicted octanol–water partition coefficient (Wildman–Crippen LogP) is -2.75. The van der Waals surface area contributed by atoms with E-state index in [2.05, 4.69) is 0 Å². The molecule has 0 aromatic heterocycles. The first-order valence-corrected chi connectivity index (χ1v) is 6.43. The maximum atomic E-state index is 9.40. The first-order chi connectivity index (χ1) is 11.1. The van der Waals surface area contributed by atoms with E-state index in [-0.39, 0.29) is 21.7 Å². The number of carbonyl (C=O) groups excluding carboxylic acids is 4. The minimum absolute atomic E-state index is 0. The molecule has 0 unspecified atom stereocenters. The zero-order valence-corrected chi connectivity index (χ0v) is 15.9. The number of allylic oxidation sites excluding steroid dienone is 4. The summed E-state index contributed by atoms with van der Waals surface area (Å²) < 4.78 is 0. The predicted molar refractivity (Wildman–Crippen MR) is 79.3 cm³/mol. The van der Waals surface area contributed by atoms with Gasteiger partial charge in [-0.3, -0.25) is 0 Å². The van der Waals surface area contributed by atoms with Crippen LogP contribution in [0, 0.1) is 0 Å². The molecule has 0 spiro atoms. The molecule has 0 heterocycles. The van der Waals surface area contributed by atoms with Crippen molar-refractivity contribution in [3.8, 4) is 0 Å². The summed E-state index contributed by atoms with van der Waals surface area (Å²) in [6.45, 7) is 6.48. The van der Waals surface area contributed by atoms with Gasteiger partial charge in [0, 0.05) is 0 Å². The van der Waals surface area contributed by atoms with Gasteiger partial charge in [0.15, 0.2) is 0 Å². The second kappa shape index (κ2) is 29.6. The SMILES string of the molecule is C/C=C\C(=O)[O-].C/C=C\C(=O)[O-].C/C=C\C(=O)[O-].C/C=C\C(=O)[O-].[Ti+4]. The van der Waals surface area contributed by atoms with Crippen molar-refractivity contribution in [3.63, 3.8) is 0 Å². The molecule has 0 aliphatic rings. The molecular formula is C16H20O8Ti. The molecule has 136 valence electrons. The average molecular weight is 388 g/mol. The van der Waals surface area contributed by atoms with Crippen molar-refractivity contribution in [3.05, 3.63) is 48.6 Å². The molecule has 0 bridgehead atoms. The molecule has 0 rings (SSSR count). The number of hydrogen-bond acceptors (Lipinski definition) is 8. The number of carboxylic acids is 4. The Balaban J connectivity index is -0.0000000702. The molecule has 0 radical (unpaired) electrons. The monoisotopic (exact) mass is 388 g/mol. The molecule has 0 atom stereocenters. The second-order valence-corrected chi connectivity index (χ2v) is 3.28. The van der Waals surface area contributed by atoms with Crippen molar-refractivity contribution >= 4 is 23.9 Å². The van der Waals surface area contributed by atoms with Crippen LogP contribution in [0.3, 0.4) is 0 Å². The first kappa shape index (κ1) is 34.0. The first-order valence-electron chi connectivity index (χ1n) is 6.43. The Bertz CT molecular complexity index is 389. The summed E-state index contributed by atoms with van der Waals surface area (Å²) in [6, 6.07) is 0. The van der Waals surface area contributed by atoms with Gasteiger partial charge in [0.25, 0.3) is 0 Å². The maximum absolute atomic E-state index is 9.40. The van der Waals surface area contributed by atoms with Crippen molar-refractivity contribution in [1.29, 1.82) is 0 Å². The molecule has 25 heavy (non-hydrogen) atoms. The Morgan fingerprint density at radius 2 is 0.600 bits per heavy atom. The Hall–Kier alpha value is -2.45. The van der Waals surface area contributed by atoms with E-state index in [1.165, 1.54) is 24.3 Å². The summed E-state index contributed by atoms with van der Waals surface area (Å²) in [4.78, 5) is 37.6. The van der Waals surface area contributed by atoms with Gasteiger partial charge >= 0.3 is 21.7 Å². The van der Waals surface area contributed by atoms with E-state index < -0.39 is 23.9 Å². The van der Waals surface area contributed by atoms with Crippen LogP contribution in [0.1, 0.15) is 27.7 Å². The molecule has 0 saturated heterocycles. The van der Waals surface area contributed by atoms with Crippen LogP contribution in [0.4, 0.5) is 0 Å². The van der Waals surface area contributed by atoms with E-state index in [1.807, 2.05) is 0 Å². The summed E-state index contributed by atoms with van der Waals surface area (Å²) >= 11 is 0. The molecule has 0 aromatic rings. The van der Waals surface area contributed by atoms with Gasteiger partial charge in [-0.15, -0.1) is 0 Å². The van der Waals surface area contributed by atoms with Crippen molar-refractivity contribution < 1.29 is 61.3 Å². The minimum atomic E-state index is -1.14. The molecule has 0 saturated carbocycles. The quantitative estimate of drug-likeness (QED) is 0.370. The molecule has 0 amide bonds. The maximum Gasteiger partial charge on any atom is 4.00 e. The standard InChI is InChI=1S/4C4H6O2.Ti/c4*1-2-3-4(5)6;/h4*2-3H,1H3,(H,5,6);/q;;;;+4/p-4/b4*3-2-;. The Morgan fingerprint density at radius 1 is 0.480 bits per heavy atom. The minimum Gasteiger partial charge on any atom is -0.545 e. The van der Waals surface area contributed by atoms with E-state index in [0.29, 0.717) is 0 Å². The van der Waals surface area contributed by atoms with Crippen LogP contribution >= 0.6 is 0 Å². The van der Waals surface area contributed by atoms with Crippen LogP contribution in [-0.2, 0) is 40.9 Å². The van der Waals surface area contributed by atoms with E-state index >= 15 is 0 Å². The van der Waals surface area contributed by atoms with Gasteiger partial charge in [-0.25, -0.2) is 0 Å². The van der Waals surface area contributed by atoms with Crippen molar-refractivity contribution in [1.82, 2.24) is 0 Å². The summed E-state index contributed by atoms with van der Waals surface area (Å²) in [6.07, 6.45) is 9.54. The summed E-state index contributed by atoms with van der Waals surface area (Å²) in [5.41, 5.74) is 0. The van der Waals surface area contributed by atoms with Crippen LogP contribution in [0.2, 0.25) is 0 Å². The topological polar surface area (TPSA) is 161 Å². The summed E-state index contributed by atoms with van der Waals surface area (Å²) in [7, 11) is 0. The van der Waals surface area contributed by atoms with Crippen molar-refractivity contribution in [2.75, 3.05) is 0 Å². The van der Waals surface area contributed by atoms with Crippen LogP contribution in [0.15, 0.2) is 48.6 Å². The van der Waals surface area contributed by atoms with E-state index in [9.17, 15) is 39.6 Å². The number of carboxylic acid groups (broad SMARTS) is 4. The van der Waals surface area contributed by atoms with E-state index in [4.69, 9.17) is 0 Å². The van der Waals surface area contributed by atoms with Crippen LogP contribution < -0.4 is 20.4 Å². The largest absolute Gasteiger partial charge is 4.00 e. The summed E-state index contributed by atoms with van der Waals surface area (Å²) in [5.74, 6) is -4.56. The zero-order chi connectivity index (χ0) is 20.0. The molecule has 0 fully saturated rings. The van der Waals surface area contributed by atoms with Gasteiger partial charge in [-0.2, -0.15) is 0 Å². The van der Waals surface area contributed by atoms with Gasteiger partial charge in [0.1, 0.15) is 0 Å².